The van der Waals surface area contributed by atoms with E-state index in [-0.39, 0.29) is 5.97 Å². The minimum absolute atomic E-state index is 0.351. The van der Waals surface area contributed by atoms with E-state index in [2.05, 4.69) is 6.07 Å². The maximum Gasteiger partial charge on any atom is 0.338 e. The minimum Gasteiger partial charge on any atom is -0.488 e. The smallest absolute Gasteiger partial charge is 0.338 e. The van der Waals surface area contributed by atoms with Gasteiger partial charge in [0.15, 0.2) is 0 Å². The molecule has 4 nitrogen and oxygen atoms in total. The molecule has 31 heavy (non-hydrogen) atoms. The summed E-state index contributed by atoms with van der Waals surface area (Å²) in [7, 11) is 1.41. The average Bonchev–Trinajstić information content (AvgIpc) is 3.22. The van der Waals surface area contributed by atoms with Gasteiger partial charge in [0.25, 0.3) is 0 Å². The number of aromatic nitrogens is 1. The Kier molecular flexibility index (Phi) is 4.97. The second-order valence-corrected chi connectivity index (χ2v) is 7.48. The van der Waals surface area contributed by atoms with Crippen LogP contribution in [-0.4, -0.2) is 18.1 Å². The third-order valence-corrected chi connectivity index (χ3v) is 5.55. The van der Waals surface area contributed by atoms with Crippen LogP contribution in [0.5, 0.6) is 5.75 Å². The molecule has 0 aliphatic heterocycles. The third-order valence-electron chi connectivity index (χ3n) is 5.55. The van der Waals surface area contributed by atoms with Crippen molar-refractivity contribution in [2.75, 3.05) is 7.11 Å². The summed E-state index contributed by atoms with van der Waals surface area (Å²) in [6, 6.07) is 27.8. The highest BCUT2D eigenvalue weighted by molar-refractivity contribution is 5.97. The number of nitrogens with zero attached hydrogens (tertiary/aromatic N) is 1. The molecule has 0 fully saturated rings. The standard InChI is InChI=1S/C27H21NO3/c1-30-27(29)22-16-23(19-11-6-3-7-12-19)28-26-21(22)15-20-13-8-14-24(25(20)26)31-17-18-9-4-2-5-10-18/h2-14,16H,15,17H2,1H3. The Hall–Kier alpha value is -3.92. The second-order valence-electron chi connectivity index (χ2n) is 7.48. The van der Waals surface area contributed by atoms with Crippen LogP contribution in [0, 0.1) is 0 Å². The summed E-state index contributed by atoms with van der Waals surface area (Å²) in [5.41, 5.74) is 7.07. The van der Waals surface area contributed by atoms with Gasteiger partial charge in [-0.15, -0.1) is 0 Å². The molecule has 4 aromatic rings. The monoisotopic (exact) mass is 407 g/mol. The zero-order valence-corrected chi connectivity index (χ0v) is 17.2. The summed E-state index contributed by atoms with van der Waals surface area (Å²) in [6.45, 7) is 0.467. The Morgan fingerprint density at radius 3 is 2.42 bits per heavy atom. The van der Waals surface area contributed by atoms with Crippen molar-refractivity contribution in [1.82, 2.24) is 4.98 Å². The summed E-state index contributed by atoms with van der Waals surface area (Å²) in [5, 5.41) is 0. The van der Waals surface area contributed by atoms with Gasteiger partial charge in [0.05, 0.1) is 24.1 Å². The van der Waals surface area contributed by atoms with Crippen LogP contribution in [0.2, 0.25) is 0 Å². The van der Waals surface area contributed by atoms with Gasteiger partial charge in [-0.1, -0.05) is 72.8 Å². The van der Waals surface area contributed by atoms with Crippen LogP contribution >= 0.6 is 0 Å². The number of pyridine rings is 1. The van der Waals surface area contributed by atoms with Crippen molar-refractivity contribution in [2.45, 2.75) is 13.0 Å². The summed E-state index contributed by atoms with van der Waals surface area (Å²) < 4.78 is 11.3. The lowest BCUT2D eigenvalue weighted by molar-refractivity contribution is 0.0599. The molecule has 0 unspecified atom stereocenters. The first kappa shape index (κ1) is 19.1. The van der Waals surface area contributed by atoms with Crippen molar-refractivity contribution in [3.05, 3.63) is 107 Å². The summed E-state index contributed by atoms with van der Waals surface area (Å²) in [6.07, 6.45) is 0.625. The van der Waals surface area contributed by atoms with Crippen molar-refractivity contribution in [3.63, 3.8) is 0 Å². The largest absolute Gasteiger partial charge is 0.488 e. The molecule has 4 heteroatoms. The molecule has 3 aromatic carbocycles. The number of rotatable bonds is 5. The molecule has 1 aliphatic carbocycles. The quantitative estimate of drug-likeness (QED) is 0.352. The Labute approximate surface area is 181 Å². The Morgan fingerprint density at radius 1 is 0.935 bits per heavy atom. The molecular formula is C27H21NO3. The van der Waals surface area contributed by atoms with E-state index >= 15 is 0 Å². The second kappa shape index (κ2) is 8.07. The van der Waals surface area contributed by atoms with Gasteiger partial charge in [-0.05, 0) is 28.8 Å². The highest BCUT2D eigenvalue weighted by Crippen LogP contribution is 2.44. The molecule has 0 spiro atoms. The molecule has 0 amide bonds. The van der Waals surface area contributed by atoms with Gasteiger partial charge in [-0.25, -0.2) is 9.78 Å². The number of fused-ring (bicyclic) bond motifs is 3. The number of carbonyl (C=O) groups is 1. The van der Waals surface area contributed by atoms with Crippen molar-refractivity contribution in [1.29, 1.82) is 0 Å². The van der Waals surface area contributed by atoms with Crippen LogP contribution in [-0.2, 0) is 17.8 Å². The lowest BCUT2D eigenvalue weighted by atomic mass is 10.0. The number of esters is 1. The first-order valence-corrected chi connectivity index (χ1v) is 10.2. The first-order valence-electron chi connectivity index (χ1n) is 10.2. The fourth-order valence-electron chi connectivity index (χ4n) is 4.04. The normalized spacial score (nSPS) is 11.5. The topological polar surface area (TPSA) is 48.4 Å². The van der Waals surface area contributed by atoms with Crippen molar-refractivity contribution < 1.29 is 14.3 Å². The van der Waals surface area contributed by atoms with Crippen molar-refractivity contribution >= 4 is 5.97 Å². The van der Waals surface area contributed by atoms with E-state index in [1.54, 1.807) is 0 Å². The summed E-state index contributed by atoms with van der Waals surface area (Å²) in [5.74, 6) is 0.420. The predicted octanol–water partition coefficient (Wildman–Crippen LogP) is 5.69. The molecule has 1 heterocycles. The zero-order chi connectivity index (χ0) is 21.2. The van der Waals surface area contributed by atoms with Crippen LogP contribution in [0.1, 0.15) is 27.0 Å². The summed E-state index contributed by atoms with van der Waals surface area (Å²) >= 11 is 0. The van der Waals surface area contributed by atoms with Crippen molar-refractivity contribution in [2.24, 2.45) is 0 Å². The van der Waals surface area contributed by atoms with E-state index in [1.165, 1.54) is 7.11 Å². The maximum absolute atomic E-state index is 12.6. The minimum atomic E-state index is -0.351. The van der Waals surface area contributed by atoms with E-state index < -0.39 is 0 Å². The number of carbonyl (C=O) groups excluding carboxylic acids is 1. The lowest BCUT2D eigenvalue weighted by Gasteiger charge is -2.13. The van der Waals surface area contributed by atoms with Crippen LogP contribution in [0.15, 0.2) is 84.9 Å². The average molecular weight is 407 g/mol. The molecule has 1 aliphatic rings. The molecule has 0 bridgehead atoms. The highest BCUT2D eigenvalue weighted by atomic mass is 16.5. The van der Waals surface area contributed by atoms with Gasteiger partial charge >= 0.3 is 5.97 Å². The zero-order valence-electron chi connectivity index (χ0n) is 17.2. The Morgan fingerprint density at radius 2 is 1.68 bits per heavy atom. The Balaban J connectivity index is 1.62. The summed E-state index contributed by atoms with van der Waals surface area (Å²) in [4.78, 5) is 17.6. The van der Waals surface area contributed by atoms with Crippen LogP contribution in [0.3, 0.4) is 0 Å². The Bertz CT molecular complexity index is 1250. The highest BCUT2D eigenvalue weighted by Gasteiger charge is 2.29. The van der Waals surface area contributed by atoms with Gasteiger partial charge in [0, 0.05) is 17.5 Å². The lowest BCUT2D eigenvalue weighted by Crippen LogP contribution is -2.07. The first-order chi connectivity index (χ1) is 15.2. The van der Waals surface area contributed by atoms with Crippen LogP contribution < -0.4 is 4.74 Å². The molecule has 0 saturated carbocycles. The fraction of sp³-hybridized carbons (Fsp3) is 0.111. The number of methoxy groups -OCH3 is 1. The van der Waals surface area contributed by atoms with E-state index in [0.29, 0.717) is 18.6 Å². The third kappa shape index (κ3) is 3.57. The van der Waals surface area contributed by atoms with E-state index in [9.17, 15) is 4.79 Å². The molecule has 0 atom stereocenters. The molecule has 5 rings (SSSR count). The molecule has 1 aromatic heterocycles. The maximum atomic E-state index is 12.6. The predicted molar refractivity (Wildman–Crippen MR) is 120 cm³/mol. The number of benzene rings is 3. The van der Waals surface area contributed by atoms with Gasteiger partial charge in [0.2, 0.25) is 0 Å². The van der Waals surface area contributed by atoms with Gasteiger partial charge in [0.1, 0.15) is 12.4 Å². The van der Waals surface area contributed by atoms with E-state index in [4.69, 9.17) is 14.5 Å². The molecular weight excluding hydrogens is 386 g/mol. The number of hydrogen-bond acceptors (Lipinski definition) is 4. The molecule has 0 N–H and O–H groups in total. The SMILES string of the molecule is COC(=O)c1cc(-c2ccccc2)nc2c1Cc1cccc(OCc3ccccc3)c1-2. The number of hydrogen-bond donors (Lipinski definition) is 0. The van der Waals surface area contributed by atoms with E-state index in [1.807, 2.05) is 78.9 Å². The number of ether oxygens (including phenoxy) is 2. The fourth-order valence-corrected chi connectivity index (χ4v) is 4.04. The van der Waals surface area contributed by atoms with Crippen LogP contribution in [0.25, 0.3) is 22.5 Å². The molecule has 152 valence electrons. The molecule has 0 saturated heterocycles. The van der Waals surface area contributed by atoms with Gasteiger partial charge < -0.3 is 9.47 Å². The van der Waals surface area contributed by atoms with Crippen molar-refractivity contribution in [3.8, 4) is 28.3 Å². The molecule has 0 radical (unpaired) electrons. The van der Waals surface area contributed by atoms with Gasteiger partial charge in [-0.2, -0.15) is 0 Å². The van der Waals surface area contributed by atoms with Gasteiger partial charge in [-0.3, -0.25) is 0 Å². The van der Waals surface area contributed by atoms with E-state index in [0.717, 1.165) is 45.0 Å². The van der Waals surface area contributed by atoms with Crippen LogP contribution in [0.4, 0.5) is 0 Å².